The fraction of sp³-hybridized carbons (Fsp3) is 0.667. The maximum absolute atomic E-state index is 3.51. The molecule has 0 bridgehead atoms. The molecule has 0 amide bonds. The first-order valence-corrected chi connectivity index (χ1v) is 7.61. The van der Waals surface area contributed by atoms with Crippen LogP contribution in [0.3, 0.4) is 0 Å². The van der Waals surface area contributed by atoms with Crippen LogP contribution in [-0.2, 0) is 11.8 Å². The minimum Gasteiger partial charge on any atom is -0.316 e. The molecule has 106 valence electrons. The molecule has 0 spiro atoms. The highest BCUT2D eigenvalue weighted by Gasteiger charge is 2.30. The third-order valence-electron chi connectivity index (χ3n) is 4.55. The first kappa shape index (κ1) is 14.6. The van der Waals surface area contributed by atoms with Crippen molar-refractivity contribution in [2.45, 2.75) is 65.3 Å². The molecule has 1 N–H and O–H groups in total. The Balaban J connectivity index is 2.26. The van der Waals surface area contributed by atoms with E-state index in [1.165, 1.54) is 36.0 Å². The molecule has 0 saturated heterocycles. The average molecular weight is 259 g/mol. The molecule has 1 aromatic rings. The Hall–Kier alpha value is -0.820. The van der Waals surface area contributed by atoms with E-state index < -0.39 is 0 Å². The van der Waals surface area contributed by atoms with Crippen LogP contribution < -0.4 is 5.32 Å². The van der Waals surface area contributed by atoms with E-state index in [1.54, 1.807) is 5.56 Å². The van der Waals surface area contributed by atoms with Crippen LogP contribution in [0.25, 0.3) is 0 Å². The summed E-state index contributed by atoms with van der Waals surface area (Å²) in [4.78, 5) is 0. The van der Waals surface area contributed by atoms with Gasteiger partial charge in [0.2, 0.25) is 0 Å². The quantitative estimate of drug-likeness (QED) is 0.857. The standard InChI is InChI=1S/C18H29N/c1-12-9-15(18(3,4)5)10-13(2)16(12)11-17(19-6)14-7-8-14/h9-10,14,17,19H,7-8,11H2,1-6H3. The second-order valence-electron chi connectivity index (χ2n) is 7.28. The molecule has 1 unspecified atom stereocenters. The number of likely N-dealkylation sites (N-methyl/N-ethyl adjacent to an activating group) is 1. The molecule has 0 aromatic heterocycles. The second-order valence-corrected chi connectivity index (χ2v) is 7.28. The highest BCUT2D eigenvalue weighted by atomic mass is 14.9. The summed E-state index contributed by atoms with van der Waals surface area (Å²) in [5.74, 6) is 0.908. The molecule has 1 aliphatic carbocycles. The molecule has 0 heterocycles. The van der Waals surface area contributed by atoms with Gasteiger partial charge in [0.1, 0.15) is 0 Å². The number of nitrogens with one attached hydrogen (secondary N) is 1. The molecule has 1 atom stereocenters. The van der Waals surface area contributed by atoms with Crippen LogP contribution in [0.2, 0.25) is 0 Å². The summed E-state index contributed by atoms with van der Waals surface area (Å²) >= 11 is 0. The Kier molecular flexibility index (Phi) is 4.06. The summed E-state index contributed by atoms with van der Waals surface area (Å²) in [5.41, 5.74) is 6.18. The second kappa shape index (κ2) is 5.28. The Morgan fingerprint density at radius 1 is 1.16 bits per heavy atom. The van der Waals surface area contributed by atoms with Crippen LogP contribution in [0.4, 0.5) is 0 Å². The van der Waals surface area contributed by atoms with E-state index >= 15 is 0 Å². The van der Waals surface area contributed by atoms with Gasteiger partial charge < -0.3 is 5.32 Å². The normalized spacial score (nSPS) is 17.6. The first-order chi connectivity index (χ1) is 8.82. The van der Waals surface area contributed by atoms with E-state index in [9.17, 15) is 0 Å². The van der Waals surface area contributed by atoms with Crippen molar-refractivity contribution in [3.05, 3.63) is 34.4 Å². The van der Waals surface area contributed by atoms with Gasteiger partial charge in [-0.1, -0.05) is 32.9 Å². The monoisotopic (exact) mass is 259 g/mol. The molecular weight excluding hydrogens is 230 g/mol. The highest BCUT2D eigenvalue weighted by molar-refractivity contribution is 5.41. The van der Waals surface area contributed by atoms with Gasteiger partial charge in [0.15, 0.2) is 0 Å². The fourth-order valence-electron chi connectivity index (χ4n) is 2.97. The highest BCUT2D eigenvalue weighted by Crippen LogP contribution is 2.35. The Labute approximate surface area is 118 Å². The summed E-state index contributed by atoms with van der Waals surface area (Å²) in [7, 11) is 2.11. The molecule has 1 heteroatoms. The van der Waals surface area contributed by atoms with Gasteiger partial charge in [-0.15, -0.1) is 0 Å². The molecule has 1 aromatic carbocycles. The van der Waals surface area contributed by atoms with E-state index in [0.29, 0.717) is 6.04 Å². The third kappa shape index (κ3) is 3.39. The minimum atomic E-state index is 0.243. The molecule has 1 saturated carbocycles. The van der Waals surface area contributed by atoms with Crippen molar-refractivity contribution in [3.63, 3.8) is 0 Å². The molecule has 1 aliphatic rings. The van der Waals surface area contributed by atoms with Crippen molar-refractivity contribution in [1.29, 1.82) is 0 Å². The largest absolute Gasteiger partial charge is 0.316 e. The van der Waals surface area contributed by atoms with E-state index in [-0.39, 0.29) is 5.41 Å². The van der Waals surface area contributed by atoms with Gasteiger partial charge in [-0.05, 0) is 73.7 Å². The smallest absolute Gasteiger partial charge is 0.0133 e. The van der Waals surface area contributed by atoms with Gasteiger partial charge in [0.25, 0.3) is 0 Å². The van der Waals surface area contributed by atoms with Crippen molar-refractivity contribution >= 4 is 0 Å². The average Bonchev–Trinajstić information content (AvgIpc) is 3.11. The van der Waals surface area contributed by atoms with Crippen LogP contribution in [0, 0.1) is 19.8 Å². The summed E-state index contributed by atoms with van der Waals surface area (Å²) in [5, 5.41) is 3.51. The van der Waals surface area contributed by atoms with Gasteiger partial charge in [-0.2, -0.15) is 0 Å². The molecular formula is C18H29N. The molecule has 1 nitrogen and oxygen atoms in total. The molecule has 1 fully saturated rings. The number of aryl methyl sites for hydroxylation is 2. The lowest BCUT2D eigenvalue weighted by atomic mass is 9.82. The van der Waals surface area contributed by atoms with Gasteiger partial charge in [0, 0.05) is 6.04 Å². The van der Waals surface area contributed by atoms with Crippen LogP contribution in [0.1, 0.15) is 55.9 Å². The van der Waals surface area contributed by atoms with E-state index in [2.05, 4.69) is 59.1 Å². The van der Waals surface area contributed by atoms with Gasteiger partial charge in [-0.25, -0.2) is 0 Å². The lowest BCUT2D eigenvalue weighted by molar-refractivity contribution is 0.498. The lowest BCUT2D eigenvalue weighted by Gasteiger charge is -2.24. The van der Waals surface area contributed by atoms with Crippen molar-refractivity contribution < 1.29 is 0 Å². The van der Waals surface area contributed by atoms with Gasteiger partial charge >= 0.3 is 0 Å². The summed E-state index contributed by atoms with van der Waals surface area (Å²) in [6, 6.07) is 5.45. The fourth-order valence-corrected chi connectivity index (χ4v) is 2.97. The van der Waals surface area contributed by atoms with Crippen LogP contribution in [0.5, 0.6) is 0 Å². The summed E-state index contributed by atoms with van der Waals surface area (Å²) in [6.45, 7) is 11.4. The topological polar surface area (TPSA) is 12.0 Å². The number of hydrogen-bond acceptors (Lipinski definition) is 1. The van der Waals surface area contributed by atoms with Crippen molar-refractivity contribution in [1.82, 2.24) is 5.32 Å². The third-order valence-corrected chi connectivity index (χ3v) is 4.55. The zero-order valence-electron chi connectivity index (χ0n) is 13.4. The minimum absolute atomic E-state index is 0.243. The zero-order valence-corrected chi connectivity index (χ0v) is 13.4. The summed E-state index contributed by atoms with van der Waals surface area (Å²) < 4.78 is 0. The SMILES string of the molecule is CNC(Cc1c(C)cc(C(C)(C)C)cc1C)C1CC1. The number of hydrogen-bond donors (Lipinski definition) is 1. The molecule has 2 rings (SSSR count). The van der Waals surface area contributed by atoms with Crippen LogP contribution in [-0.4, -0.2) is 13.1 Å². The van der Waals surface area contributed by atoms with Crippen molar-refractivity contribution in [2.24, 2.45) is 5.92 Å². The van der Waals surface area contributed by atoms with Crippen molar-refractivity contribution in [3.8, 4) is 0 Å². The van der Waals surface area contributed by atoms with Gasteiger partial charge in [-0.3, -0.25) is 0 Å². The maximum atomic E-state index is 3.51. The van der Waals surface area contributed by atoms with Crippen LogP contribution >= 0.6 is 0 Å². The number of rotatable bonds is 4. The van der Waals surface area contributed by atoms with Crippen molar-refractivity contribution in [2.75, 3.05) is 7.05 Å². The Morgan fingerprint density at radius 2 is 1.68 bits per heavy atom. The Bertz CT molecular complexity index is 426. The number of benzene rings is 1. The predicted molar refractivity (Wildman–Crippen MR) is 83.9 cm³/mol. The summed E-state index contributed by atoms with van der Waals surface area (Å²) in [6.07, 6.45) is 4.00. The molecule has 0 radical (unpaired) electrons. The first-order valence-electron chi connectivity index (χ1n) is 7.61. The Morgan fingerprint density at radius 3 is 2.05 bits per heavy atom. The van der Waals surface area contributed by atoms with Crippen LogP contribution in [0.15, 0.2) is 12.1 Å². The lowest BCUT2D eigenvalue weighted by Crippen LogP contribution is -2.30. The van der Waals surface area contributed by atoms with E-state index in [1.807, 2.05) is 0 Å². The van der Waals surface area contributed by atoms with Gasteiger partial charge in [0.05, 0.1) is 0 Å². The molecule has 19 heavy (non-hydrogen) atoms. The predicted octanol–water partition coefficient (Wildman–Crippen LogP) is 4.14. The van der Waals surface area contributed by atoms with E-state index in [4.69, 9.17) is 0 Å². The van der Waals surface area contributed by atoms with E-state index in [0.717, 1.165) is 5.92 Å². The maximum Gasteiger partial charge on any atom is 0.0133 e. The zero-order chi connectivity index (χ0) is 14.2. The molecule has 0 aliphatic heterocycles.